The molecule has 0 unspecified atom stereocenters. The fourth-order valence-electron chi connectivity index (χ4n) is 2.42. The molecule has 3 rings (SSSR count). The van der Waals surface area contributed by atoms with Gasteiger partial charge in [0.1, 0.15) is 0 Å². The standard InChI is InChI=1S/C20H17ClN2O5/c21-14-8-6-13(7-9-14)10-22-17(25)12-28-20(26)18-16(24)11-27-19(18)23-15-4-2-1-3-5-15/h1-9,23H,10-12H2,(H,22,25). The van der Waals surface area contributed by atoms with Crippen LogP contribution in [0, 0.1) is 0 Å². The maximum atomic E-state index is 12.3. The topological polar surface area (TPSA) is 93.7 Å². The maximum Gasteiger partial charge on any atom is 0.347 e. The van der Waals surface area contributed by atoms with E-state index in [1.54, 1.807) is 48.5 Å². The summed E-state index contributed by atoms with van der Waals surface area (Å²) in [6.07, 6.45) is 0. The van der Waals surface area contributed by atoms with Gasteiger partial charge in [-0.05, 0) is 29.8 Å². The summed E-state index contributed by atoms with van der Waals surface area (Å²) in [5.74, 6) is -1.90. The number of amides is 1. The van der Waals surface area contributed by atoms with Crippen LogP contribution < -0.4 is 10.6 Å². The zero-order valence-electron chi connectivity index (χ0n) is 14.7. The van der Waals surface area contributed by atoms with E-state index in [9.17, 15) is 14.4 Å². The molecule has 0 bridgehead atoms. The summed E-state index contributed by atoms with van der Waals surface area (Å²) in [6, 6.07) is 15.9. The van der Waals surface area contributed by atoms with Gasteiger partial charge < -0.3 is 20.1 Å². The van der Waals surface area contributed by atoms with Crippen LogP contribution in [0.2, 0.25) is 5.02 Å². The molecule has 0 atom stereocenters. The lowest BCUT2D eigenvalue weighted by Crippen LogP contribution is -2.29. The molecule has 1 aliphatic heterocycles. The third-order valence-electron chi connectivity index (χ3n) is 3.83. The largest absolute Gasteiger partial charge is 0.470 e. The average Bonchev–Trinajstić information content (AvgIpc) is 3.06. The first-order chi connectivity index (χ1) is 13.5. The first kappa shape index (κ1) is 19.4. The van der Waals surface area contributed by atoms with Crippen molar-refractivity contribution in [1.82, 2.24) is 5.32 Å². The van der Waals surface area contributed by atoms with Crippen LogP contribution >= 0.6 is 11.6 Å². The van der Waals surface area contributed by atoms with Crippen LogP contribution in [0.3, 0.4) is 0 Å². The minimum absolute atomic E-state index is 0.0165. The maximum absolute atomic E-state index is 12.3. The predicted molar refractivity (Wildman–Crippen MR) is 102 cm³/mol. The Hall–Kier alpha value is -3.32. The Morgan fingerprint density at radius 1 is 1.07 bits per heavy atom. The van der Waals surface area contributed by atoms with Gasteiger partial charge in [0.2, 0.25) is 11.7 Å². The van der Waals surface area contributed by atoms with Gasteiger partial charge in [0.25, 0.3) is 5.91 Å². The number of ether oxygens (including phenoxy) is 2. The molecule has 0 radical (unpaired) electrons. The lowest BCUT2D eigenvalue weighted by Gasteiger charge is -2.09. The molecule has 0 spiro atoms. The number of hydrogen-bond acceptors (Lipinski definition) is 6. The van der Waals surface area contributed by atoms with E-state index in [4.69, 9.17) is 21.1 Å². The van der Waals surface area contributed by atoms with Gasteiger partial charge in [0, 0.05) is 17.3 Å². The minimum atomic E-state index is -0.914. The molecule has 2 N–H and O–H groups in total. The number of para-hydroxylation sites is 1. The van der Waals surface area contributed by atoms with E-state index in [0.717, 1.165) is 5.56 Å². The van der Waals surface area contributed by atoms with Crippen molar-refractivity contribution >= 4 is 34.9 Å². The number of Topliss-reactive ketones (excluding diaryl/α,β-unsaturated/α-hetero) is 1. The molecule has 0 saturated heterocycles. The number of esters is 1. The second-order valence-corrected chi connectivity index (χ2v) is 6.32. The van der Waals surface area contributed by atoms with E-state index >= 15 is 0 Å². The van der Waals surface area contributed by atoms with Crippen LogP contribution in [0.1, 0.15) is 5.56 Å². The van der Waals surface area contributed by atoms with Gasteiger partial charge >= 0.3 is 5.97 Å². The second-order valence-electron chi connectivity index (χ2n) is 5.89. The van der Waals surface area contributed by atoms with E-state index in [1.165, 1.54) is 0 Å². The second kappa shape index (κ2) is 9.05. The summed E-state index contributed by atoms with van der Waals surface area (Å²) in [5.41, 5.74) is 1.26. The normalized spacial score (nSPS) is 13.1. The van der Waals surface area contributed by atoms with Crippen LogP contribution in [-0.4, -0.2) is 30.9 Å². The van der Waals surface area contributed by atoms with Gasteiger partial charge in [0.15, 0.2) is 18.8 Å². The van der Waals surface area contributed by atoms with Crippen molar-refractivity contribution in [3.05, 3.63) is 76.6 Å². The Morgan fingerprint density at radius 2 is 1.79 bits per heavy atom. The molecule has 28 heavy (non-hydrogen) atoms. The molecule has 8 heteroatoms. The molecule has 2 aromatic carbocycles. The van der Waals surface area contributed by atoms with Gasteiger partial charge in [-0.15, -0.1) is 0 Å². The Kier molecular flexibility index (Phi) is 6.29. The lowest BCUT2D eigenvalue weighted by atomic mass is 10.2. The van der Waals surface area contributed by atoms with Crippen LogP contribution in [0.5, 0.6) is 0 Å². The van der Waals surface area contributed by atoms with E-state index in [2.05, 4.69) is 10.6 Å². The summed E-state index contributed by atoms with van der Waals surface area (Å²) in [4.78, 5) is 36.1. The highest BCUT2D eigenvalue weighted by molar-refractivity contribution is 6.30. The first-order valence-electron chi connectivity index (χ1n) is 8.43. The van der Waals surface area contributed by atoms with Crippen molar-refractivity contribution in [1.29, 1.82) is 0 Å². The van der Waals surface area contributed by atoms with Crippen molar-refractivity contribution in [3.8, 4) is 0 Å². The third-order valence-corrected chi connectivity index (χ3v) is 4.08. The quantitative estimate of drug-likeness (QED) is 0.547. The molecule has 0 aliphatic carbocycles. The molecule has 1 heterocycles. The molecule has 0 aromatic heterocycles. The van der Waals surface area contributed by atoms with Gasteiger partial charge in [-0.1, -0.05) is 41.9 Å². The van der Waals surface area contributed by atoms with E-state index in [0.29, 0.717) is 10.7 Å². The molecule has 1 amide bonds. The Morgan fingerprint density at radius 3 is 2.50 bits per heavy atom. The predicted octanol–water partition coefficient (Wildman–Crippen LogP) is 2.42. The number of carbonyl (C=O) groups excluding carboxylic acids is 3. The number of benzene rings is 2. The van der Waals surface area contributed by atoms with Gasteiger partial charge in [-0.25, -0.2) is 4.79 Å². The first-order valence-corrected chi connectivity index (χ1v) is 8.81. The van der Waals surface area contributed by atoms with Crippen LogP contribution in [-0.2, 0) is 30.4 Å². The summed E-state index contributed by atoms with van der Waals surface area (Å²) in [7, 11) is 0. The van der Waals surface area contributed by atoms with Crippen molar-refractivity contribution in [3.63, 3.8) is 0 Å². The number of rotatable bonds is 7. The number of ketones is 1. The van der Waals surface area contributed by atoms with Crippen molar-refractivity contribution in [2.75, 3.05) is 18.5 Å². The number of carbonyl (C=O) groups is 3. The monoisotopic (exact) mass is 400 g/mol. The zero-order chi connectivity index (χ0) is 19.9. The van der Waals surface area contributed by atoms with E-state index in [-0.39, 0.29) is 24.6 Å². The van der Waals surface area contributed by atoms with Gasteiger partial charge in [-0.2, -0.15) is 0 Å². The smallest absolute Gasteiger partial charge is 0.347 e. The molecule has 0 saturated carbocycles. The fraction of sp³-hybridized carbons (Fsp3) is 0.150. The molecule has 0 fully saturated rings. The number of nitrogens with one attached hydrogen (secondary N) is 2. The zero-order valence-corrected chi connectivity index (χ0v) is 15.5. The number of halogens is 1. The Balaban J connectivity index is 1.54. The summed E-state index contributed by atoms with van der Waals surface area (Å²) >= 11 is 5.80. The molecule has 144 valence electrons. The molecule has 2 aromatic rings. The number of anilines is 1. The Bertz CT molecular complexity index is 910. The Labute approximate surface area is 166 Å². The van der Waals surface area contributed by atoms with Crippen molar-refractivity contribution < 1.29 is 23.9 Å². The van der Waals surface area contributed by atoms with E-state index in [1.807, 2.05) is 6.07 Å². The lowest BCUT2D eigenvalue weighted by molar-refractivity contribution is -0.145. The highest BCUT2D eigenvalue weighted by atomic mass is 35.5. The SMILES string of the molecule is O=C(COC(=O)C1=C(Nc2ccccc2)OCC1=O)NCc1ccc(Cl)cc1. The van der Waals surface area contributed by atoms with Crippen molar-refractivity contribution in [2.45, 2.75) is 6.54 Å². The highest BCUT2D eigenvalue weighted by Gasteiger charge is 2.32. The third kappa shape index (κ3) is 5.11. The summed E-state index contributed by atoms with van der Waals surface area (Å²) in [6.45, 7) is -0.511. The summed E-state index contributed by atoms with van der Waals surface area (Å²) < 4.78 is 10.2. The minimum Gasteiger partial charge on any atom is -0.470 e. The van der Waals surface area contributed by atoms with Crippen LogP contribution in [0.25, 0.3) is 0 Å². The van der Waals surface area contributed by atoms with Gasteiger partial charge in [-0.3, -0.25) is 9.59 Å². The number of hydrogen-bond donors (Lipinski definition) is 2. The van der Waals surface area contributed by atoms with Crippen LogP contribution in [0.15, 0.2) is 66.1 Å². The fourth-order valence-corrected chi connectivity index (χ4v) is 2.55. The highest BCUT2D eigenvalue weighted by Crippen LogP contribution is 2.20. The van der Waals surface area contributed by atoms with Crippen LogP contribution in [0.4, 0.5) is 5.69 Å². The molecular weight excluding hydrogens is 384 g/mol. The molecule has 1 aliphatic rings. The molecule has 7 nitrogen and oxygen atoms in total. The van der Waals surface area contributed by atoms with Crippen molar-refractivity contribution in [2.24, 2.45) is 0 Å². The van der Waals surface area contributed by atoms with Gasteiger partial charge in [0.05, 0.1) is 0 Å². The molecular formula is C20H17ClN2O5. The average molecular weight is 401 g/mol. The van der Waals surface area contributed by atoms with E-state index < -0.39 is 24.3 Å². The summed E-state index contributed by atoms with van der Waals surface area (Å²) in [5, 5.41) is 6.08.